The first-order valence-corrected chi connectivity index (χ1v) is 8.54. The number of nitrogens with one attached hydrogen (secondary N) is 1. The second kappa shape index (κ2) is 6.20. The van der Waals surface area contributed by atoms with Gasteiger partial charge < -0.3 is 10.1 Å². The molecule has 0 unspecified atom stereocenters. The van der Waals surface area contributed by atoms with E-state index < -0.39 is 10.9 Å². The summed E-state index contributed by atoms with van der Waals surface area (Å²) in [6.07, 6.45) is 4.52. The van der Waals surface area contributed by atoms with Crippen LogP contribution in [0.3, 0.4) is 0 Å². The van der Waals surface area contributed by atoms with Crippen LogP contribution in [-0.2, 0) is 12.8 Å². The zero-order valence-electron chi connectivity index (χ0n) is 14.1. The van der Waals surface area contributed by atoms with E-state index in [0.717, 1.165) is 18.4 Å². The number of aryl methyl sites for hydroxylation is 2. The number of ether oxygens (including phenoxy) is 1. The van der Waals surface area contributed by atoms with Crippen molar-refractivity contribution in [1.82, 2.24) is 0 Å². The average molecular weight is 333 g/mol. The van der Waals surface area contributed by atoms with Crippen LogP contribution in [0.4, 0.5) is 11.4 Å². The van der Waals surface area contributed by atoms with Crippen molar-refractivity contribution in [2.45, 2.75) is 25.7 Å². The summed E-state index contributed by atoms with van der Waals surface area (Å²) in [5.74, 6) is 0.631. The normalized spacial score (nSPS) is 13.5. The Kier molecular flexibility index (Phi) is 3.88. The molecule has 0 aliphatic heterocycles. The molecule has 4 heteroatoms. The highest BCUT2D eigenvalue weighted by molar-refractivity contribution is 5.86. The Bertz CT molecular complexity index is 1010. The third-order valence-electron chi connectivity index (χ3n) is 4.91. The molecule has 1 aliphatic rings. The molecular weight excluding hydrogens is 314 g/mol. The number of hydrogen-bond acceptors (Lipinski definition) is 4. The molecule has 0 radical (unpaired) electrons. The predicted molar refractivity (Wildman–Crippen MR) is 99.7 cm³/mol. The summed E-state index contributed by atoms with van der Waals surface area (Å²) < 4.78 is 5.31. The summed E-state index contributed by atoms with van der Waals surface area (Å²) in [4.78, 5) is 24.3. The molecule has 0 spiro atoms. The maximum absolute atomic E-state index is 12.2. The minimum absolute atomic E-state index is 0.352. The van der Waals surface area contributed by atoms with Crippen LogP contribution in [0.15, 0.2) is 52.1 Å². The van der Waals surface area contributed by atoms with E-state index in [2.05, 4.69) is 17.4 Å². The molecule has 0 heterocycles. The monoisotopic (exact) mass is 333 g/mol. The Morgan fingerprint density at radius 2 is 1.68 bits per heavy atom. The van der Waals surface area contributed by atoms with Crippen LogP contribution in [-0.4, -0.2) is 7.11 Å². The molecule has 126 valence electrons. The zero-order valence-corrected chi connectivity index (χ0v) is 14.1. The first-order chi connectivity index (χ1) is 12.2. The van der Waals surface area contributed by atoms with E-state index in [4.69, 9.17) is 4.74 Å². The summed E-state index contributed by atoms with van der Waals surface area (Å²) >= 11 is 0. The Balaban J connectivity index is 1.74. The van der Waals surface area contributed by atoms with Gasteiger partial charge in [-0.25, -0.2) is 0 Å². The average Bonchev–Trinajstić information content (AvgIpc) is 2.67. The van der Waals surface area contributed by atoms with Crippen LogP contribution in [0.25, 0.3) is 11.1 Å². The number of para-hydroxylation sites is 2. The highest BCUT2D eigenvalue weighted by Gasteiger charge is 2.24. The number of rotatable bonds is 4. The summed E-state index contributed by atoms with van der Waals surface area (Å²) in [7, 11) is 1.58. The van der Waals surface area contributed by atoms with E-state index in [9.17, 15) is 9.59 Å². The molecular formula is C21H19NO3. The molecule has 0 aromatic heterocycles. The van der Waals surface area contributed by atoms with E-state index in [-0.39, 0.29) is 0 Å². The molecule has 0 saturated heterocycles. The quantitative estimate of drug-likeness (QED) is 0.742. The van der Waals surface area contributed by atoms with Crippen molar-refractivity contribution in [2.24, 2.45) is 0 Å². The van der Waals surface area contributed by atoms with Crippen molar-refractivity contribution in [3.8, 4) is 16.9 Å². The van der Waals surface area contributed by atoms with Gasteiger partial charge in [0.15, 0.2) is 0 Å². The van der Waals surface area contributed by atoms with E-state index >= 15 is 0 Å². The Morgan fingerprint density at radius 1 is 0.920 bits per heavy atom. The molecule has 0 bridgehead atoms. The third-order valence-corrected chi connectivity index (χ3v) is 4.91. The smallest absolute Gasteiger partial charge is 0.250 e. The third kappa shape index (κ3) is 2.64. The Labute approximate surface area is 145 Å². The van der Waals surface area contributed by atoms with E-state index in [1.165, 1.54) is 24.0 Å². The van der Waals surface area contributed by atoms with Crippen molar-refractivity contribution in [1.29, 1.82) is 0 Å². The number of fused-ring (bicyclic) bond motifs is 1. The standard InChI is InChI=1S/C21H19NO3/c1-25-17-9-5-4-8-16(17)22-19-18(20(23)21(19)24)15-11-10-13-6-2-3-7-14(13)12-15/h4-5,8-12,22H,2-3,6-7H2,1H3. The van der Waals surface area contributed by atoms with Crippen LogP contribution in [0.1, 0.15) is 24.0 Å². The molecule has 4 nitrogen and oxygen atoms in total. The highest BCUT2D eigenvalue weighted by atomic mass is 16.5. The lowest BCUT2D eigenvalue weighted by Crippen LogP contribution is -2.35. The molecule has 0 amide bonds. The first-order valence-electron chi connectivity index (χ1n) is 8.54. The van der Waals surface area contributed by atoms with Crippen LogP contribution in [0.2, 0.25) is 0 Å². The van der Waals surface area contributed by atoms with Crippen LogP contribution >= 0.6 is 0 Å². The van der Waals surface area contributed by atoms with Crippen LogP contribution in [0.5, 0.6) is 5.75 Å². The fourth-order valence-corrected chi connectivity index (χ4v) is 3.56. The molecule has 0 fully saturated rings. The van der Waals surface area contributed by atoms with Gasteiger partial charge in [0.05, 0.1) is 18.4 Å². The van der Waals surface area contributed by atoms with Gasteiger partial charge in [-0.1, -0.05) is 30.3 Å². The number of benzene rings is 2. The SMILES string of the molecule is COc1ccccc1Nc1c(-c2ccc3c(c2)CCCC3)c(=O)c1=O. The van der Waals surface area contributed by atoms with Crippen molar-refractivity contribution in [3.63, 3.8) is 0 Å². The lowest BCUT2D eigenvalue weighted by atomic mass is 9.88. The lowest BCUT2D eigenvalue weighted by Gasteiger charge is -2.19. The largest absolute Gasteiger partial charge is 0.495 e. The number of methoxy groups -OCH3 is 1. The van der Waals surface area contributed by atoms with Gasteiger partial charge in [0.2, 0.25) is 5.43 Å². The highest BCUT2D eigenvalue weighted by Crippen LogP contribution is 2.33. The molecule has 1 aliphatic carbocycles. The van der Waals surface area contributed by atoms with Crippen molar-refractivity contribution >= 4 is 11.4 Å². The van der Waals surface area contributed by atoms with E-state index in [1.54, 1.807) is 7.11 Å². The van der Waals surface area contributed by atoms with Crippen molar-refractivity contribution < 1.29 is 4.74 Å². The lowest BCUT2D eigenvalue weighted by molar-refractivity contribution is 0.417. The summed E-state index contributed by atoms with van der Waals surface area (Å²) in [6.45, 7) is 0. The van der Waals surface area contributed by atoms with Crippen molar-refractivity contribution in [2.75, 3.05) is 12.4 Å². The molecule has 25 heavy (non-hydrogen) atoms. The Morgan fingerprint density at radius 3 is 2.48 bits per heavy atom. The van der Waals surface area contributed by atoms with Gasteiger partial charge >= 0.3 is 0 Å². The number of hydrogen-bond donors (Lipinski definition) is 1. The predicted octanol–water partition coefficient (Wildman–Crippen LogP) is 3.58. The van der Waals surface area contributed by atoms with Gasteiger partial charge in [0.25, 0.3) is 5.43 Å². The van der Waals surface area contributed by atoms with E-state index in [1.807, 2.05) is 30.3 Å². The number of anilines is 2. The topological polar surface area (TPSA) is 55.4 Å². The fourth-order valence-electron chi connectivity index (χ4n) is 3.56. The maximum Gasteiger partial charge on any atom is 0.250 e. The second-order valence-corrected chi connectivity index (χ2v) is 6.42. The van der Waals surface area contributed by atoms with Gasteiger partial charge in [0, 0.05) is 0 Å². The molecule has 4 rings (SSSR count). The molecule has 0 saturated carbocycles. The minimum atomic E-state index is -0.473. The Hall–Kier alpha value is -2.88. The molecule has 3 aromatic carbocycles. The molecule has 1 N–H and O–H groups in total. The fraction of sp³-hybridized carbons (Fsp3) is 0.238. The summed E-state index contributed by atoms with van der Waals surface area (Å²) in [5, 5.41) is 3.09. The van der Waals surface area contributed by atoms with Gasteiger partial charge in [0.1, 0.15) is 11.4 Å². The first kappa shape index (κ1) is 15.6. The van der Waals surface area contributed by atoms with Gasteiger partial charge in [-0.2, -0.15) is 0 Å². The molecule has 3 aromatic rings. The van der Waals surface area contributed by atoms with Crippen LogP contribution < -0.4 is 20.9 Å². The van der Waals surface area contributed by atoms with Gasteiger partial charge in [-0.15, -0.1) is 0 Å². The van der Waals surface area contributed by atoms with Crippen molar-refractivity contribution in [3.05, 3.63) is 74.0 Å². The molecule has 0 atom stereocenters. The van der Waals surface area contributed by atoms with Crippen LogP contribution in [0, 0.1) is 0 Å². The second-order valence-electron chi connectivity index (χ2n) is 6.42. The van der Waals surface area contributed by atoms with Gasteiger partial charge in [-0.3, -0.25) is 9.59 Å². The zero-order chi connectivity index (χ0) is 17.4. The summed E-state index contributed by atoms with van der Waals surface area (Å²) in [6, 6.07) is 13.5. The minimum Gasteiger partial charge on any atom is -0.495 e. The van der Waals surface area contributed by atoms with Gasteiger partial charge in [-0.05, 0) is 54.5 Å². The summed E-state index contributed by atoms with van der Waals surface area (Å²) in [5.41, 5.74) is 4.08. The maximum atomic E-state index is 12.2. The van der Waals surface area contributed by atoms with E-state index in [0.29, 0.717) is 22.7 Å².